The summed E-state index contributed by atoms with van der Waals surface area (Å²) in [7, 11) is 0. The second-order valence-electron chi connectivity index (χ2n) is 7.18. The molecule has 2 aromatic rings. The van der Waals surface area contributed by atoms with Gasteiger partial charge < -0.3 is 25.6 Å². The summed E-state index contributed by atoms with van der Waals surface area (Å²) in [6, 6.07) is 14.0. The van der Waals surface area contributed by atoms with E-state index in [0.717, 1.165) is 57.9 Å². The number of amides is 1. The first-order valence-electron chi connectivity index (χ1n) is 9.96. The van der Waals surface area contributed by atoms with Gasteiger partial charge in [0, 0.05) is 30.5 Å². The second-order valence-corrected chi connectivity index (χ2v) is 7.18. The summed E-state index contributed by atoms with van der Waals surface area (Å²) in [6.45, 7) is 5.28. The highest BCUT2D eigenvalue weighted by Crippen LogP contribution is 2.21. The van der Waals surface area contributed by atoms with E-state index in [1.165, 1.54) is 5.69 Å². The van der Waals surface area contributed by atoms with Crippen LogP contribution in [-0.2, 0) is 4.74 Å². The highest BCUT2D eigenvalue weighted by atomic mass is 16.5. The minimum absolute atomic E-state index is 0.113. The van der Waals surface area contributed by atoms with Crippen LogP contribution < -0.4 is 20.9 Å². The van der Waals surface area contributed by atoms with Crippen molar-refractivity contribution in [3.8, 4) is 0 Å². The lowest BCUT2D eigenvalue weighted by molar-refractivity contribution is 0.0924. The number of piperidine rings is 1. The van der Waals surface area contributed by atoms with Crippen LogP contribution in [0.15, 0.2) is 42.5 Å². The fourth-order valence-electron chi connectivity index (χ4n) is 3.58. The fourth-order valence-corrected chi connectivity index (χ4v) is 3.58. The van der Waals surface area contributed by atoms with E-state index >= 15 is 0 Å². The topological polar surface area (TPSA) is 78.5 Å². The third-order valence-corrected chi connectivity index (χ3v) is 5.17. The van der Waals surface area contributed by atoms with Gasteiger partial charge in [-0.25, -0.2) is 4.98 Å². The molecule has 0 bridgehead atoms. The van der Waals surface area contributed by atoms with E-state index in [1.807, 2.05) is 24.3 Å². The summed E-state index contributed by atoms with van der Waals surface area (Å²) in [4.78, 5) is 19.3. The quantitative estimate of drug-likeness (QED) is 0.737. The van der Waals surface area contributed by atoms with Gasteiger partial charge in [0.2, 0.25) is 0 Å². The average Bonchev–Trinajstić information content (AvgIpc) is 2.76. The number of hydrogen-bond donors (Lipinski definition) is 3. The van der Waals surface area contributed by atoms with Crippen molar-refractivity contribution in [2.45, 2.75) is 18.9 Å². The van der Waals surface area contributed by atoms with Crippen molar-refractivity contribution in [3.63, 3.8) is 0 Å². The lowest BCUT2D eigenvalue weighted by Gasteiger charge is -2.28. The standard InChI is InChI=1S/C21H27N5O2/c27-21(24-17-8-10-22-11-9-17)19-2-1-3-20(25-19)23-16-4-6-18(7-5-16)26-12-14-28-15-13-26/h1-7,17,22H,8-15H2,(H,23,25)(H,24,27). The van der Waals surface area contributed by atoms with Gasteiger partial charge in [0.25, 0.3) is 5.91 Å². The molecular formula is C21H27N5O2. The molecule has 2 saturated heterocycles. The average molecular weight is 381 g/mol. The predicted molar refractivity (Wildman–Crippen MR) is 110 cm³/mol. The third-order valence-electron chi connectivity index (χ3n) is 5.17. The van der Waals surface area contributed by atoms with E-state index in [0.29, 0.717) is 11.5 Å². The van der Waals surface area contributed by atoms with Crippen molar-refractivity contribution in [1.29, 1.82) is 0 Å². The molecule has 3 heterocycles. The first kappa shape index (κ1) is 18.7. The molecule has 1 aromatic carbocycles. The normalized spacial score (nSPS) is 17.9. The molecule has 0 atom stereocenters. The molecule has 0 spiro atoms. The maximum Gasteiger partial charge on any atom is 0.270 e. The van der Waals surface area contributed by atoms with Gasteiger partial charge in [-0.05, 0) is 62.3 Å². The summed E-state index contributed by atoms with van der Waals surface area (Å²) in [5.74, 6) is 0.551. The number of carbonyl (C=O) groups excluding carboxylic acids is 1. The molecule has 148 valence electrons. The van der Waals surface area contributed by atoms with Crippen molar-refractivity contribution in [2.24, 2.45) is 0 Å². The van der Waals surface area contributed by atoms with Crippen LogP contribution >= 0.6 is 0 Å². The van der Waals surface area contributed by atoms with E-state index < -0.39 is 0 Å². The van der Waals surface area contributed by atoms with Crippen LogP contribution in [-0.4, -0.2) is 56.3 Å². The lowest BCUT2D eigenvalue weighted by Crippen LogP contribution is -2.42. The first-order valence-corrected chi connectivity index (χ1v) is 9.96. The maximum atomic E-state index is 12.5. The van der Waals surface area contributed by atoms with Crippen LogP contribution in [0.25, 0.3) is 0 Å². The van der Waals surface area contributed by atoms with Gasteiger partial charge in [0.1, 0.15) is 11.5 Å². The molecule has 4 rings (SSSR count). The van der Waals surface area contributed by atoms with E-state index in [4.69, 9.17) is 4.74 Å². The number of pyridine rings is 1. The Balaban J connectivity index is 1.38. The fraction of sp³-hybridized carbons (Fsp3) is 0.429. The van der Waals surface area contributed by atoms with Crippen LogP contribution in [0.1, 0.15) is 23.3 Å². The Morgan fingerprint density at radius 2 is 1.82 bits per heavy atom. The summed E-state index contributed by atoms with van der Waals surface area (Å²) < 4.78 is 5.40. The molecule has 1 amide bonds. The summed E-state index contributed by atoms with van der Waals surface area (Å²) >= 11 is 0. The van der Waals surface area contributed by atoms with E-state index in [-0.39, 0.29) is 11.9 Å². The Morgan fingerprint density at radius 3 is 2.57 bits per heavy atom. The molecule has 3 N–H and O–H groups in total. The van der Waals surface area contributed by atoms with Gasteiger partial charge in [-0.15, -0.1) is 0 Å². The number of rotatable bonds is 5. The molecule has 1 aromatic heterocycles. The molecule has 28 heavy (non-hydrogen) atoms. The monoisotopic (exact) mass is 381 g/mol. The van der Waals surface area contributed by atoms with Crippen LogP contribution in [0.3, 0.4) is 0 Å². The van der Waals surface area contributed by atoms with E-state index in [2.05, 4.69) is 38.0 Å². The number of anilines is 3. The number of carbonyl (C=O) groups is 1. The molecule has 0 aliphatic carbocycles. The van der Waals surface area contributed by atoms with E-state index in [9.17, 15) is 4.79 Å². The zero-order valence-electron chi connectivity index (χ0n) is 16.0. The van der Waals surface area contributed by atoms with Gasteiger partial charge >= 0.3 is 0 Å². The summed E-state index contributed by atoms with van der Waals surface area (Å²) in [6.07, 6.45) is 1.92. The molecular weight excluding hydrogens is 354 g/mol. The van der Waals surface area contributed by atoms with Gasteiger partial charge in [-0.2, -0.15) is 0 Å². The Morgan fingerprint density at radius 1 is 1.07 bits per heavy atom. The highest BCUT2D eigenvalue weighted by molar-refractivity contribution is 5.92. The summed E-state index contributed by atoms with van der Waals surface area (Å²) in [5, 5.41) is 9.68. The van der Waals surface area contributed by atoms with Crippen LogP contribution in [0.4, 0.5) is 17.2 Å². The number of nitrogens with zero attached hydrogens (tertiary/aromatic N) is 2. The molecule has 0 unspecified atom stereocenters. The highest BCUT2D eigenvalue weighted by Gasteiger charge is 2.17. The molecule has 2 fully saturated rings. The zero-order chi connectivity index (χ0) is 19.2. The molecule has 0 saturated carbocycles. The number of hydrogen-bond acceptors (Lipinski definition) is 6. The molecule has 7 nitrogen and oxygen atoms in total. The second kappa shape index (κ2) is 9.03. The lowest BCUT2D eigenvalue weighted by atomic mass is 10.1. The predicted octanol–water partition coefficient (Wildman–Crippen LogP) is 2.14. The van der Waals surface area contributed by atoms with Gasteiger partial charge in [-0.3, -0.25) is 4.79 Å². The van der Waals surface area contributed by atoms with Crippen molar-refractivity contribution in [1.82, 2.24) is 15.6 Å². The largest absolute Gasteiger partial charge is 0.378 e. The number of benzene rings is 1. The maximum absolute atomic E-state index is 12.5. The number of nitrogens with one attached hydrogen (secondary N) is 3. The zero-order valence-corrected chi connectivity index (χ0v) is 16.0. The van der Waals surface area contributed by atoms with E-state index in [1.54, 1.807) is 6.07 Å². The number of morpholine rings is 1. The van der Waals surface area contributed by atoms with Crippen LogP contribution in [0, 0.1) is 0 Å². The van der Waals surface area contributed by atoms with Crippen LogP contribution in [0.2, 0.25) is 0 Å². The Bertz CT molecular complexity index is 784. The smallest absolute Gasteiger partial charge is 0.270 e. The third kappa shape index (κ3) is 4.79. The van der Waals surface area contributed by atoms with Crippen molar-refractivity contribution >= 4 is 23.1 Å². The Labute approximate surface area is 165 Å². The number of aromatic nitrogens is 1. The number of ether oxygens (including phenoxy) is 1. The Kier molecular flexibility index (Phi) is 6.04. The molecule has 2 aliphatic heterocycles. The molecule has 7 heteroatoms. The Hall–Kier alpha value is -2.64. The molecule has 2 aliphatic rings. The van der Waals surface area contributed by atoms with Gasteiger partial charge in [0.05, 0.1) is 13.2 Å². The first-order chi connectivity index (χ1) is 13.8. The minimum atomic E-state index is -0.113. The minimum Gasteiger partial charge on any atom is -0.378 e. The van der Waals surface area contributed by atoms with Crippen molar-refractivity contribution in [3.05, 3.63) is 48.2 Å². The van der Waals surface area contributed by atoms with Crippen LogP contribution in [0.5, 0.6) is 0 Å². The van der Waals surface area contributed by atoms with Gasteiger partial charge in [-0.1, -0.05) is 6.07 Å². The molecule has 0 radical (unpaired) electrons. The van der Waals surface area contributed by atoms with Crippen molar-refractivity contribution < 1.29 is 9.53 Å². The SMILES string of the molecule is O=C(NC1CCNCC1)c1cccc(Nc2ccc(N3CCOCC3)cc2)n1. The van der Waals surface area contributed by atoms with Crippen molar-refractivity contribution in [2.75, 3.05) is 49.6 Å². The van der Waals surface area contributed by atoms with Gasteiger partial charge in [0.15, 0.2) is 0 Å². The summed E-state index contributed by atoms with van der Waals surface area (Å²) in [5.41, 5.74) is 2.57.